The van der Waals surface area contributed by atoms with E-state index in [1.165, 1.54) is 0 Å². The van der Waals surface area contributed by atoms with E-state index in [9.17, 15) is 8.42 Å². The lowest BCUT2D eigenvalue weighted by Gasteiger charge is -2.36. The van der Waals surface area contributed by atoms with Gasteiger partial charge in [-0.25, -0.2) is 8.42 Å². The van der Waals surface area contributed by atoms with Gasteiger partial charge < -0.3 is 10.2 Å². The topological polar surface area (TPSA) is 52.7 Å². The second-order valence-corrected chi connectivity index (χ2v) is 7.20. The molecule has 1 unspecified atom stereocenters. The molecule has 0 radical (unpaired) electrons. The molecular formula is C12H27N3O2S. The molecule has 1 aliphatic heterocycles. The molecule has 1 fully saturated rings. The minimum Gasteiger partial charge on any atom is -0.317 e. The molecule has 0 amide bonds. The van der Waals surface area contributed by atoms with E-state index in [1.807, 2.05) is 7.05 Å². The standard InChI is InChI=1S/C12H27N3O2S/c1-4-6-13-7-5-10-18(16,17)15-9-8-14(3)12(2)11-15/h12-13H,4-11H2,1-3H3. The van der Waals surface area contributed by atoms with Crippen molar-refractivity contribution in [3.05, 3.63) is 0 Å². The molecule has 0 bridgehead atoms. The van der Waals surface area contributed by atoms with E-state index in [0.29, 0.717) is 25.6 Å². The number of sulfonamides is 1. The predicted molar refractivity (Wildman–Crippen MR) is 75.2 cm³/mol. The molecule has 1 atom stereocenters. The van der Waals surface area contributed by atoms with Crippen molar-refractivity contribution in [1.29, 1.82) is 0 Å². The van der Waals surface area contributed by atoms with Crippen LogP contribution in [0.4, 0.5) is 0 Å². The first-order chi connectivity index (χ1) is 8.47. The molecule has 108 valence electrons. The third kappa shape index (κ3) is 4.84. The van der Waals surface area contributed by atoms with Crippen LogP contribution in [0.15, 0.2) is 0 Å². The quantitative estimate of drug-likeness (QED) is 0.682. The summed E-state index contributed by atoms with van der Waals surface area (Å²) in [4.78, 5) is 2.20. The van der Waals surface area contributed by atoms with Gasteiger partial charge in [-0.2, -0.15) is 4.31 Å². The SMILES string of the molecule is CCCNCCCS(=O)(=O)N1CCN(C)C(C)C1. The average Bonchev–Trinajstić information content (AvgIpc) is 2.32. The van der Waals surface area contributed by atoms with Crippen LogP contribution in [0.2, 0.25) is 0 Å². The highest BCUT2D eigenvalue weighted by Gasteiger charge is 2.28. The zero-order chi connectivity index (χ0) is 13.6. The van der Waals surface area contributed by atoms with Gasteiger partial charge >= 0.3 is 0 Å². The molecule has 0 spiro atoms. The Morgan fingerprint density at radius 1 is 1.28 bits per heavy atom. The first kappa shape index (κ1) is 15.9. The summed E-state index contributed by atoms with van der Waals surface area (Å²) >= 11 is 0. The Labute approximate surface area is 112 Å². The van der Waals surface area contributed by atoms with Crippen LogP contribution in [0.3, 0.4) is 0 Å². The first-order valence-corrected chi connectivity index (χ1v) is 8.47. The van der Waals surface area contributed by atoms with Crippen LogP contribution in [0.25, 0.3) is 0 Å². The molecule has 0 aromatic carbocycles. The van der Waals surface area contributed by atoms with E-state index in [1.54, 1.807) is 4.31 Å². The van der Waals surface area contributed by atoms with Crippen molar-refractivity contribution in [2.45, 2.75) is 32.7 Å². The lowest BCUT2D eigenvalue weighted by atomic mass is 10.2. The van der Waals surface area contributed by atoms with Crippen LogP contribution in [0, 0.1) is 0 Å². The minimum atomic E-state index is -3.06. The van der Waals surface area contributed by atoms with Gasteiger partial charge in [-0.3, -0.25) is 0 Å². The zero-order valence-electron chi connectivity index (χ0n) is 11.9. The van der Waals surface area contributed by atoms with E-state index in [2.05, 4.69) is 24.1 Å². The Morgan fingerprint density at radius 3 is 2.61 bits per heavy atom. The highest BCUT2D eigenvalue weighted by molar-refractivity contribution is 7.89. The van der Waals surface area contributed by atoms with E-state index in [0.717, 1.165) is 26.1 Å². The fourth-order valence-electron chi connectivity index (χ4n) is 2.08. The van der Waals surface area contributed by atoms with Crippen molar-refractivity contribution >= 4 is 10.0 Å². The molecule has 0 aromatic heterocycles. The van der Waals surface area contributed by atoms with Crippen LogP contribution in [0.5, 0.6) is 0 Å². The number of nitrogens with one attached hydrogen (secondary N) is 1. The maximum absolute atomic E-state index is 12.2. The molecular weight excluding hydrogens is 250 g/mol. The summed E-state index contributed by atoms with van der Waals surface area (Å²) in [5, 5.41) is 3.24. The van der Waals surface area contributed by atoms with Crippen molar-refractivity contribution < 1.29 is 8.42 Å². The lowest BCUT2D eigenvalue weighted by Crippen LogP contribution is -2.52. The highest BCUT2D eigenvalue weighted by Crippen LogP contribution is 2.12. The summed E-state index contributed by atoms with van der Waals surface area (Å²) in [6, 6.07) is 0.312. The number of rotatable bonds is 7. The van der Waals surface area contributed by atoms with Gasteiger partial charge in [-0.15, -0.1) is 0 Å². The Morgan fingerprint density at radius 2 is 2.00 bits per heavy atom. The van der Waals surface area contributed by atoms with Crippen LogP contribution in [-0.2, 0) is 10.0 Å². The van der Waals surface area contributed by atoms with Crippen LogP contribution in [0.1, 0.15) is 26.7 Å². The second kappa shape index (κ2) is 7.43. The molecule has 1 N–H and O–H groups in total. The molecule has 0 saturated carbocycles. The number of likely N-dealkylation sites (N-methyl/N-ethyl adjacent to an activating group) is 1. The Bertz CT molecular complexity index is 332. The minimum absolute atomic E-state index is 0.264. The van der Waals surface area contributed by atoms with E-state index in [4.69, 9.17) is 0 Å². The van der Waals surface area contributed by atoms with E-state index < -0.39 is 10.0 Å². The molecule has 5 nitrogen and oxygen atoms in total. The van der Waals surface area contributed by atoms with Gasteiger partial charge in [0, 0.05) is 25.7 Å². The van der Waals surface area contributed by atoms with Gasteiger partial charge in [0.15, 0.2) is 0 Å². The van der Waals surface area contributed by atoms with Crippen LogP contribution >= 0.6 is 0 Å². The summed E-state index contributed by atoms with van der Waals surface area (Å²) in [6.07, 6.45) is 1.78. The Hall–Kier alpha value is -0.170. The number of piperazine rings is 1. The average molecular weight is 277 g/mol. The lowest BCUT2D eigenvalue weighted by molar-refractivity contribution is 0.159. The number of hydrogen-bond acceptors (Lipinski definition) is 4. The van der Waals surface area contributed by atoms with Crippen molar-refractivity contribution in [3.63, 3.8) is 0 Å². The fraction of sp³-hybridized carbons (Fsp3) is 1.00. The van der Waals surface area contributed by atoms with E-state index in [-0.39, 0.29) is 5.75 Å². The maximum atomic E-state index is 12.2. The maximum Gasteiger partial charge on any atom is 0.214 e. The largest absolute Gasteiger partial charge is 0.317 e. The number of hydrogen-bond donors (Lipinski definition) is 1. The normalized spacial score (nSPS) is 23.4. The smallest absolute Gasteiger partial charge is 0.214 e. The number of nitrogens with zero attached hydrogens (tertiary/aromatic N) is 2. The second-order valence-electron chi connectivity index (χ2n) is 5.11. The Kier molecular flexibility index (Phi) is 6.55. The Balaban J connectivity index is 2.34. The third-order valence-electron chi connectivity index (χ3n) is 3.50. The van der Waals surface area contributed by atoms with Gasteiger partial charge in [-0.1, -0.05) is 6.92 Å². The van der Waals surface area contributed by atoms with Crippen molar-refractivity contribution in [1.82, 2.24) is 14.5 Å². The third-order valence-corrected chi connectivity index (χ3v) is 5.42. The van der Waals surface area contributed by atoms with Gasteiger partial charge in [0.05, 0.1) is 5.75 Å². The fourth-order valence-corrected chi connectivity index (χ4v) is 3.65. The van der Waals surface area contributed by atoms with Crippen molar-refractivity contribution in [3.8, 4) is 0 Å². The molecule has 18 heavy (non-hydrogen) atoms. The van der Waals surface area contributed by atoms with Crippen LogP contribution in [-0.4, -0.2) is 69.2 Å². The summed E-state index contributed by atoms with van der Waals surface area (Å²) in [5.41, 5.74) is 0. The van der Waals surface area contributed by atoms with Crippen molar-refractivity contribution in [2.24, 2.45) is 0 Å². The molecule has 1 saturated heterocycles. The molecule has 0 aromatic rings. The summed E-state index contributed by atoms with van der Waals surface area (Å²) < 4.78 is 26.0. The van der Waals surface area contributed by atoms with Gasteiger partial charge in [0.25, 0.3) is 0 Å². The highest BCUT2D eigenvalue weighted by atomic mass is 32.2. The van der Waals surface area contributed by atoms with E-state index >= 15 is 0 Å². The predicted octanol–water partition coefficient (Wildman–Crippen LogP) is 0.342. The molecule has 1 aliphatic rings. The molecule has 1 heterocycles. The summed E-state index contributed by atoms with van der Waals surface area (Å²) in [5.74, 6) is 0.264. The summed E-state index contributed by atoms with van der Waals surface area (Å²) in [7, 11) is -1.02. The van der Waals surface area contributed by atoms with Crippen molar-refractivity contribution in [2.75, 3.05) is 45.5 Å². The van der Waals surface area contributed by atoms with Gasteiger partial charge in [0.1, 0.15) is 0 Å². The zero-order valence-corrected chi connectivity index (χ0v) is 12.7. The molecule has 1 rings (SSSR count). The summed E-state index contributed by atoms with van der Waals surface area (Å²) in [6.45, 7) is 8.02. The monoisotopic (exact) mass is 277 g/mol. The first-order valence-electron chi connectivity index (χ1n) is 6.86. The molecule has 0 aliphatic carbocycles. The van der Waals surface area contributed by atoms with Gasteiger partial charge in [-0.05, 0) is 39.9 Å². The molecule has 6 heteroatoms. The van der Waals surface area contributed by atoms with Crippen LogP contribution < -0.4 is 5.32 Å². The van der Waals surface area contributed by atoms with Gasteiger partial charge in [0.2, 0.25) is 10.0 Å².